The Morgan fingerprint density at radius 2 is 1.90 bits per heavy atom. The normalized spacial score (nSPS) is 14.4. The molecule has 0 unspecified atom stereocenters. The van der Waals surface area contributed by atoms with E-state index in [1.54, 1.807) is 18.5 Å². The Bertz CT molecular complexity index is 1230. The summed E-state index contributed by atoms with van der Waals surface area (Å²) >= 11 is 12.4. The smallest absolute Gasteiger partial charge is 0.222 e. The SMILES string of the molecule is Fc1ccc2c(ccn2-c2cc(Cl)c3c(c2)CN(Cc2cnc(Cl)nc2)CCO3)c1. The van der Waals surface area contributed by atoms with E-state index in [-0.39, 0.29) is 11.1 Å². The zero-order valence-electron chi connectivity index (χ0n) is 15.9. The van der Waals surface area contributed by atoms with Gasteiger partial charge in [-0.25, -0.2) is 14.4 Å². The lowest BCUT2D eigenvalue weighted by Gasteiger charge is -2.19. The second-order valence-corrected chi connectivity index (χ2v) is 7.97. The van der Waals surface area contributed by atoms with E-state index in [1.807, 2.05) is 22.9 Å². The number of fused-ring (bicyclic) bond motifs is 2. The number of ether oxygens (including phenoxy) is 1. The molecule has 0 atom stereocenters. The quantitative estimate of drug-likeness (QED) is 0.405. The first-order chi connectivity index (χ1) is 14.6. The number of hydrogen-bond donors (Lipinski definition) is 0. The third kappa shape index (κ3) is 3.74. The first-order valence-corrected chi connectivity index (χ1v) is 10.2. The van der Waals surface area contributed by atoms with Gasteiger partial charge in [0.15, 0.2) is 0 Å². The molecule has 0 amide bonds. The van der Waals surface area contributed by atoms with Crippen LogP contribution in [0.15, 0.2) is 55.0 Å². The number of benzene rings is 2. The summed E-state index contributed by atoms with van der Waals surface area (Å²) in [6, 6.07) is 10.6. The van der Waals surface area contributed by atoms with Crippen molar-refractivity contribution < 1.29 is 9.13 Å². The molecule has 0 saturated heterocycles. The largest absolute Gasteiger partial charge is 0.490 e. The van der Waals surface area contributed by atoms with Crippen molar-refractivity contribution in [2.45, 2.75) is 13.1 Å². The van der Waals surface area contributed by atoms with Crippen LogP contribution < -0.4 is 4.74 Å². The molecule has 0 aliphatic carbocycles. The van der Waals surface area contributed by atoms with Crippen molar-refractivity contribution in [3.05, 3.63) is 82.2 Å². The number of rotatable bonds is 3. The average Bonchev–Trinajstić information content (AvgIpc) is 3.02. The molecule has 0 saturated carbocycles. The third-order valence-electron chi connectivity index (χ3n) is 5.16. The molecule has 2 aromatic heterocycles. The van der Waals surface area contributed by atoms with E-state index in [1.165, 1.54) is 12.1 Å². The zero-order valence-corrected chi connectivity index (χ0v) is 17.4. The molecule has 0 bridgehead atoms. The summed E-state index contributed by atoms with van der Waals surface area (Å²) in [5.74, 6) is 0.452. The number of nitrogens with zero attached hydrogens (tertiary/aromatic N) is 4. The minimum absolute atomic E-state index is 0.235. The predicted molar refractivity (Wildman–Crippen MR) is 115 cm³/mol. The summed E-state index contributed by atoms with van der Waals surface area (Å²) in [5.41, 5.74) is 3.79. The second-order valence-electron chi connectivity index (χ2n) is 7.22. The van der Waals surface area contributed by atoms with Crippen LogP contribution in [-0.4, -0.2) is 32.6 Å². The summed E-state index contributed by atoms with van der Waals surface area (Å²) < 4.78 is 21.5. The van der Waals surface area contributed by atoms with Gasteiger partial charge < -0.3 is 9.30 Å². The molecule has 0 radical (unpaired) electrons. The van der Waals surface area contributed by atoms with Gasteiger partial charge in [0.05, 0.1) is 10.5 Å². The monoisotopic (exact) mass is 442 g/mol. The Labute approximate surface area is 182 Å². The van der Waals surface area contributed by atoms with E-state index >= 15 is 0 Å². The molecule has 0 spiro atoms. The van der Waals surface area contributed by atoms with Crippen LogP contribution in [0.2, 0.25) is 10.3 Å². The van der Waals surface area contributed by atoms with Crippen molar-refractivity contribution in [2.75, 3.05) is 13.2 Å². The fraction of sp³-hybridized carbons (Fsp3) is 0.182. The van der Waals surface area contributed by atoms with Crippen molar-refractivity contribution in [1.29, 1.82) is 0 Å². The zero-order chi connectivity index (χ0) is 20.7. The molecule has 4 aromatic rings. The molecule has 5 nitrogen and oxygen atoms in total. The number of aromatic nitrogens is 3. The van der Waals surface area contributed by atoms with E-state index in [0.29, 0.717) is 30.5 Å². The highest BCUT2D eigenvalue weighted by atomic mass is 35.5. The van der Waals surface area contributed by atoms with E-state index in [2.05, 4.69) is 20.9 Å². The van der Waals surface area contributed by atoms with Crippen molar-refractivity contribution in [3.63, 3.8) is 0 Å². The van der Waals surface area contributed by atoms with E-state index in [4.69, 9.17) is 27.9 Å². The van der Waals surface area contributed by atoms with Gasteiger partial charge in [0.1, 0.15) is 18.2 Å². The lowest BCUT2D eigenvalue weighted by molar-refractivity contribution is 0.219. The highest BCUT2D eigenvalue weighted by molar-refractivity contribution is 6.32. The molecule has 30 heavy (non-hydrogen) atoms. The topological polar surface area (TPSA) is 43.2 Å². The van der Waals surface area contributed by atoms with Gasteiger partial charge in [0.2, 0.25) is 5.28 Å². The van der Waals surface area contributed by atoms with Crippen LogP contribution in [0.1, 0.15) is 11.1 Å². The van der Waals surface area contributed by atoms with Crippen LogP contribution in [0.5, 0.6) is 5.75 Å². The minimum atomic E-state index is -0.254. The maximum Gasteiger partial charge on any atom is 0.222 e. The molecular formula is C22H17Cl2FN4O. The molecular weight excluding hydrogens is 426 g/mol. The summed E-state index contributed by atoms with van der Waals surface area (Å²) in [7, 11) is 0. The Balaban J connectivity index is 1.49. The Morgan fingerprint density at radius 3 is 2.73 bits per heavy atom. The maximum absolute atomic E-state index is 13.6. The van der Waals surface area contributed by atoms with Gasteiger partial charge >= 0.3 is 0 Å². The van der Waals surface area contributed by atoms with Gasteiger partial charge in [0, 0.05) is 60.4 Å². The molecule has 8 heteroatoms. The number of halogens is 3. The maximum atomic E-state index is 13.6. The first-order valence-electron chi connectivity index (χ1n) is 9.48. The summed E-state index contributed by atoms with van der Waals surface area (Å²) in [4.78, 5) is 10.4. The van der Waals surface area contributed by atoms with E-state index in [9.17, 15) is 4.39 Å². The Hall–Kier alpha value is -2.67. The van der Waals surface area contributed by atoms with Crippen LogP contribution in [0.3, 0.4) is 0 Å². The Morgan fingerprint density at radius 1 is 1.07 bits per heavy atom. The highest BCUT2D eigenvalue weighted by Gasteiger charge is 2.20. The molecule has 152 valence electrons. The van der Waals surface area contributed by atoms with Crippen molar-refractivity contribution in [3.8, 4) is 11.4 Å². The summed E-state index contributed by atoms with van der Waals surface area (Å²) in [6.07, 6.45) is 5.38. The first kappa shape index (κ1) is 19.3. The molecule has 0 N–H and O–H groups in total. The summed E-state index contributed by atoms with van der Waals surface area (Å²) in [5, 5.41) is 1.63. The van der Waals surface area contributed by atoms with Gasteiger partial charge in [-0.3, -0.25) is 4.90 Å². The van der Waals surface area contributed by atoms with Crippen molar-refractivity contribution >= 4 is 34.1 Å². The molecule has 1 aliphatic heterocycles. The van der Waals surface area contributed by atoms with Gasteiger partial charge in [-0.2, -0.15) is 0 Å². The van der Waals surface area contributed by atoms with Crippen LogP contribution in [-0.2, 0) is 13.1 Å². The number of hydrogen-bond acceptors (Lipinski definition) is 4. The van der Waals surface area contributed by atoms with Gasteiger partial charge in [-0.1, -0.05) is 11.6 Å². The van der Waals surface area contributed by atoms with Crippen LogP contribution in [0, 0.1) is 5.82 Å². The predicted octanol–water partition coefficient (Wildman–Crippen LogP) is 5.26. The van der Waals surface area contributed by atoms with Crippen LogP contribution >= 0.6 is 23.2 Å². The van der Waals surface area contributed by atoms with E-state index in [0.717, 1.165) is 34.3 Å². The Kier molecular flexibility index (Phi) is 5.06. The third-order valence-corrected chi connectivity index (χ3v) is 5.64. The molecule has 1 aliphatic rings. The lowest BCUT2D eigenvalue weighted by Crippen LogP contribution is -2.25. The fourth-order valence-electron chi connectivity index (χ4n) is 3.80. The highest BCUT2D eigenvalue weighted by Crippen LogP contribution is 2.35. The van der Waals surface area contributed by atoms with E-state index < -0.39 is 0 Å². The second kappa shape index (κ2) is 7.87. The van der Waals surface area contributed by atoms with Gasteiger partial charge in [-0.15, -0.1) is 0 Å². The van der Waals surface area contributed by atoms with Crippen LogP contribution in [0.4, 0.5) is 4.39 Å². The fourth-order valence-corrected chi connectivity index (χ4v) is 4.19. The van der Waals surface area contributed by atoms with Crippen LogP contribution in [0.25, 0.3) is 16.6 Å². The lowest BCUT2D eigenvalue weighted by atomic mass is 10.1. The summed E-state index contributed by atoms with van der Waals surface area (Å²) in [6.45, 7) is 2.62. The standard InChI is InChI=1S/C22H17Cl2FN4O/c23-19-9-18(29-4-3-15-7-17(25)1-2-20(15)29)8-16-13-28(5-6-30-21(16)19)12-14-10-26-22(24)27-11-14/h1-4,7-11H,5-6,12-13H2. The van der Waals surface area contributed by atoms with Gasteiger partial charge in [0.25, 0.3) is 0 Å². The van der Waals surface area contributed by atoms with Gasteiger partial charge in [-0.05, 0) is 48.0 Å². The molecule has 0 fully saturated rings. The molecule has 2 aromatic carbocycles. The molecule has 3 heterocycles. The minimum Gasteiger partial charge on any atom is -0.490 e. The van der Waals surface area contributed by atoms with Crippen molar-refractivity contribution in [1.82, 2.24) is 19.4 Å². The average molecular weight is 443 g/mol. The van der Waals surface area contributed by atoms with Crippen molar-refractivity contribution in [2.24, 2.45) is 0 Å². The molecule has 5 rings (SSSR count).